The first kappa shape index (κ1) is 20.6. The number of nitrogens with zero attached hydrogens (tertiary/aromatic N) is 2. The molecule has 28 heavy (non-hydrogen) atoms. The molecule has 2 aromatic carbocycles. The molecule has 0 saturated carbocycles. The Bertz CT molecular complexity index is 733. The molecular weight excluding hydrogens is 355 g/mol. The molecule has 1 aliphatic heterocycles. The molecule has 3 rings (SSSR count). The third-order valence-corrected chi connectivity index (χ3v) is 5.20. The Kier molecular flexibility index (Phi) is 6.57. The number of rotatable bonds is 6. The fourth-order valence-corrected chi connectivity index (χ4v) is 3.43. The topological polar surface area (TPSA) is 35.9 Å². The summed E-state index contributed by atoms with van der Waals surface area (Å²) in [5, 5.41) is 10.3. The lowest BCUT2D eigenvalue weighted by Gasteiger charge is -2.36. The third-order valence-electron chi connectivity index (χ3n) is 5.20. The lowest BCUT2D eigenvalue weighted by atomic mass is 9.87. The number of β-amino-alcohol motifs (C(OH)–C–C–N with tert-alkyl or cyclic N) is 1. The fraction of sp³-hybridized carbons (Fsp3) is 0.478. The molecule has 1 saturated heterocycles. The molecule has 0 unspecified atom stereocenters. The van der Waals surface area contributed by atoms with Gasteiger partial charge < -0.3 is 14.7 Å². The van der Waals surface area contributed by atoms with Crippen LogP contribution < -0.4 is 9.64 Å². The maximum Gasteiger partial charge on any atom is 0.123 e. The van der Waals surface area contributed by atoms with E-state index in [1.54, 1.807) is 0 Å². The first-order chi connectivity index (χ1) is 13.3. The number of piperazine rings is 1. The maximum absolute atomic E-state index is 13.1. The second-order valence-electron chi connectivity index (χ2n) is 8.50. The predicted octanol–water partition coefficient (Wildman–Crippen LogP) is 3.69. The van der Waals surface area contributed by atoms with E-state index in [0.717, 1.165) is 37.6 Å². The van der Waals surface area contributed by atoms with Gasteiger partial charge in [-0.1, -0.05) is 32.9 Å². The molecule has 1 aliphatic rings. The number of aliphatic hydroxyl groups excluding tert-OH is 1. The summed E-state index contributed by atoms with van der Waals surface area (Å²) in [7, 11) is 0. The molecule has 152 valence electrons. The van der Waals surface area contributed by atoms with Crippen LogP contribution in [-0.2, 0) is 5.41 Å². The van der Waals surface area contributed by atoms with Gasteiger partial charge in [0, 0.05) is 38.4 Å². The monoisotopic (exact) mass is 386 g/mol. The van der Waals surface area contributed by atoms with Crippen molar-refractivity contribution in [3.63, 3.8) is 0 Å². The van der Waals surface area contributed by atoms with E-state index in [9.17, 15) is 9.50 Å². The zero-order valence-electron chi connectivity index (χ0n) is 17.1. The second kappa shape index (κ2) is 8.93. The molecule has 0 aromatic heterocycles. The molecule has 0 spiro atoms. The molecule has 1 fully saturated rings. The Morgan fingerprint density at radius 2 is 1.57 bits per heavy atom. The summed E-state index contributed by atoms with van der Waals surface area (Å²) in [5.74, 6) is 0.576. The summed E-state index contributed by atoms with van der Waals surface area (Å²) >= 11 is 0. The van der Waals surface area contributed by atoms with Crippen molar-refractivity contribution in [3.8, 4) is 5.75 Å². The minimum atomic E-state index is -0.528. The summed E-state index contributed by atoms with van der Waals surface area (Å²) in [5.41, 5.74) is 2.43. The number of halogens is 1. The van der Waals surface area contributed by atoms with Crippen LogP contribution in [0.5, 0.6) is 5.75 Å². The number of aliphatic hydroxyl groups is 1. The van der Waals surface area contributed by atoms with Gasteiger partial charge in [0.05, 0.1) is 0 Å². The Morgan fingerprint density at radius 3 is 2.14 bits per heavy atom. The van der Waals surface area contributed by atoms with Gasteiger partial charge in [-0.15, -0.1) is 0 Å². The van der Waals surface area contributed by atoms with Crippen LogP contribution in [0.1, 0.15) is 26.3 Å². The Hall–Kier alpha value is -2.11. The SMILES string of the molecule is CC(C)(C)c1ccc(OC[C@@H](O)CN2CCN(c3ccc(F)cc3)CC2)cc1. The number of hydrogen-bond donors (Lipinski definition) is 1. The maximum atomic E-state index is 13.1. The van der Waals surface area contributed by atoms with Crippen LogP contribution >= 0.6 is 0 Å². The Morgan fingerprint density at radius 1 is 0.964 bits per heavy atom. The highest BCUT2D eigenvalue weighted by Gasteiger charge is 2.20. The highest BCUT2D eigenvalue weighted by atomic mass is 19.1. The second-order valence-corrected chi connectivity index (χ2v) is 8.50. The van der Waals surface area contributed by atoms with E-state index in [-0.39, 0.29) is 17.8 Å². The van der Waals surface area contributed by atoms with Gasteiger partial charge in [-0.3, -0.25) is 4.90 Å². The molecule has 5 heteroatoms. The molecule has 0 radical (unpaired) electrons. The van der Waals surface area contributed by atoms with Crippen LogP contribution in [0.25, 0.3) is 0 Å². The van der Waals surface area contributed by atoms with E-state index in [1.165, 1.54) is 17.7 Å². The van der Waals surface area contributed by atoms with E-state index in [0.29, 0.717) is 6.54 Å². The first-order valence-electron chi connectivity index (χ1n) is 9.95. The van der Waals surface area contributed by atoms with Crippen LogP contribution in [-0.4, -0.2) is 55.4 Å². The van der Waals surface area contributed by atoms with E-state index >= 15 is 0 Å². The number of benzene rings is 2. The smallest absolute Gasteiger partial charge is 0.123 e. The van der Waals surface area contributed by atoms with Crippen LogP contribution in [0.4, 0.5) is 10.1 Å². The van der Waals surface area contributed by atoms with Gasteiger partial charge in [-0.2, -0.15) is 0 Å². The van der Waals surface area contributed by atoms with Gasteiger partial charge in [0.2, 0.25) is 0 Å². The lowest BCUT2D eigenvalue weighted by molar-refractivity contribution is 0.0663. The normalized spacial score (nSPS) is 16.8. The molecule has 1 heterocycles. The van der Waals surface area contributed by atoms with Crippen molar-refractivity contribution in [2.75, 3.05) is 44.2 Å². The zero-order valence-corrected chi connectivity index (χ0v) is 17.1. The molecule has 1 atom stereocenters. The molecule has 0 bridgehead atoms. The van der Waals surface area contributed by atoms with Crippen LogP contribution in [0.2, 0.25) is 0 Å². The van der Waals surface area contributed by atoms with Crippen LogP contribution in [0.15, 0.2) is 48.5 Å². The summed E-state index contributed by atoms with van der Waals surface area (Å²) in [6.07, 6.45) is -0.528. The minimum Gasteiger partial charge on any atom is -0.491 e. The Labute approximate surface area is 167 Å². The molecule has 2 aromatic rings. The van der Waals surface area contributed by atoms with Crippen molar-refractivity contribution in [1.29, 1.82) is 0 Å². The van der Waals surface area contributed by atoms with E-state index in [1.807, 2.05) is 24.3 Å². The first-order valence-corrected chi connectivity index (χ1v) is 9.95. The summed E-state index contributed by atoms with van der Waals surface area (Å²) in [6.45, 7) is 10.9. The van der Waals surface area contributed by atoms with Gasteiger partial charge >= 0.3 is 0 Å². The average molecular weight is 387 g/mol. The lowest BCUT2D eigenvalue weighted by Crippen LogP contribution is -2.49. The van der Waals surface area contributed by atoms with E-state index in [2.05, 4.69) is 42.7 Å². The van der Waals surface area contributed by atoms with E-state index < -0.39 is 6.10 Å². The number of anilines is 1. The van der Waals surface area contributed by atoms with Crippen molar-refractivity contribution in [3.05, 3.63) is 59.9 Å². The summed E-state index contributed by atoms with van der Waals surface area (Å²) < 4.78 is 18.8. The number of hydrogen-bond acceptors (Lipinski definition) is 4. The molecular formula is C23H31FN2O2. The van der Waals surface area contributed by atoms with Crippen LogP contribution in [0.3, 0.4) is 0 Å². The van der Waals surface area contributed by atoms with Crippen molar-refractivity contribution >= 4 is 5.69 Å². The average Bonchev–Trinajstić information content (AvgIpc) is 2.67. The van der Waals surface area contributed by atoms with Gasteiger partial charge in [0.1, 0.15) is 24.3 Å². The standard InChI is InChI=1S/C23H31FN2O2/c1-23(2,3)18-4-10-22(11-5-18)28-17-21(27)16-25-12-14-26(15-13-25)20-8-6-19(24)7-9-20/h4-11,21,27H,12-17H2,1-3H3/t21-/m0/s1. The molecule has 1 N–H and O–H groups in total. The summed E-state index contributed by atoms with van der Waals surface area (Å²) in [6, 6.07) is 14.7. The third kappa shape index (κ3) is 5.69. The van der Waals surface area contributed by atoms with Gasteiger partial charge in [-0.05, 0) is 47.4 Å². The van der Waals surface area contributed by atoms with Crippen molar-refractivity contribution in [2.24, 2.45) is 0 Å². The molecule has 0 amide bonds. The highest BCUT2D eigenvalue weighted by Crippen LogP contribution is 2.24. The molecule has 4 nitrogen and oxygen atoms in total. The van der Waals surface area contributed by atoms with Gasteiger partial charge in [0.15, 0.2) is 0 Å². The minimum absolute atomic E-state index is 0.119. The molecule has 0 aliphatic carbocycles. The van der Waals surface area contributed by atoms with Gasteiger partial charge in [-0.25, -0.2) is 4.39 Å². The van der Waals surface area contributed by atoms with Crippen LogP contribution in [0, 0.1) is 5.82 Å². The van der Waals surface area contributed by atoms with Gasteiger partial charge in [0.25, 0.3) is 0 Å². The highest BCUT2D eigenvalue weighted by molar-refractivity contribution is 5.46. The van der Waals surface area contributed by atoms with Crippen molar-refractivity contribution in [1.82, 2.24) is 4.90 Å². The van der Waals surface area contributed by atoms with Crippen molar-refractivity contribution < 1.29 is 14.2 Å². The Balaban J connectivity index is 1.41. The quantitative estimate of drug-likeness (QED) is 0.822. The predicted molar refractivity (Wildman–Crippen MR) is 112 cm³/mol. The fourth-order valence-electron chi connectivity index (χ4n) is 3.43. The number of ether oxygens (including phenoxy) is 1. The van der Waals surface area contributed by atoms with E-state index in [4.69, 9.17) is 4.74 Å². The summed E-state index contributed by atoms with van der Waals surface area (Å²) in [4.78, 5) is 4.49. The van der Waals surface area contributed by atoms with Crippen molar-refractivity contribution in [2.45, 2.75) is 32.3 Å². The largest absolute Gasteiger partial charge is 0.491 e. The zero-order chi connectivity index (χ0) is 20.1.